The Bertz CT molecular complexity index is 481. The molecule has 0 fully saturated rings. The lowest BCUT2D eigenvalue weighted by atomic mass is 10.2. The smallest absolute Gasteiger partial charge is 0.282 e. The van der Waals surface area contributed by atoms with E-state index in [-0.39, 0.29) is 0 Å². The van der Waals surface area contributed by atoms with E-state index in [1.54, 1.807) is 14.2 Å². The SMILES string of the molecule is CCN(CC)S(=O)(=O)N(C)Cc1ccc(OC)cc1. The number of hydrogen-bond donors (Lipinski definition) is 0. The Kier molecular flexibility index (Phi) is 5.78. The van der Waals surface area contributed by atoms with Crippen LogP contribution in [0.5, 0.6) is 5.75 Å². The van der Waals surface area contributed by atoms with E-state index in [1.807, 2.05) is 38.1 Å². The first-order valence-corrected chi connectivity index (χ1v) is 7.69. The van der Waals surface area contributed by atoms with E-state index in [2.05, 4.69) is 0 Å². The van der Waals surface area contributed by atoms with Crippen molar-refractivity contribution in [3.63, 3.8) is 0 Å². The highest BCUT2D eigenvalue weighted by atomic mass is 32.2. The summed E-state index contributed by atoms with van der Waals surface area (Å²) in [6.07, 6.45) is 0. The van der Waals surface area contributed by atoms with Crippen LogP contribution in [0.3, 0.4) is 0 Å². The van der Waals surface area contributed by atoms with Gasteiger partial charge in [0.05, 0.1) is 7.11 Å². The van der Waals surface area contributed by atoms with Gasteiger partial charge in [0.2, 0.25) is 0 Å². The highest BCUT2D eigenvalue weighted by Crippen LogP contribution is 2.15. The molecule has 5 nitrogen and oxygen atoms in total. The van der Waals surface area contributed by atoms with Crippen molar-refractivity contribution in [2.24, 2.45) is 0 Å². The Morgan fingerprint density at radius 1 is 1.11 bits per heavy atom. The molecule has 1 aromatic carbocycles. The van der Waals surface area contributed by atoms with Crippen molar-refractivity contribution in [2.75, 3.05) is 27.2 Å². The number of nitrogens with zero attached hydrogens (tertiary/aromatic N) is 2. The van der Waals surface area contributed by atoms with Crippen molar-refractivity contribution >= 4 is 10.2 Å². The molecule has 0 aliphatic heterocycles. The van der Waals surface area contributed by atoms with E-state index >= 15 is 0 Å². The predicted octanol–water partition coefficient (Wildman–Crippen LogP) is 1.71. The summed E-state index contributed by atoms with van der Waals surface area (Å²) in [5.41, 5.74) is 0.930. The quantitative estimate of drug-likeness (QED) is 0.767. The molecule has 0 heterocycles. The molecule has 1 rings (SSSR count). The fraction of sp³-hybridized carbons (Fsp3) is 0.538. The van der Waals surface area contributed by atoms with Gasteiger partial charge in [-0.2, -0.15) is 17.0 Å². The Balaban J connectivity index is 2.80. The van der Waals surface area contributed by atoms with Crippen molar-refractivity contribution in [3.8, 4) is 5.75 Å². The average molecular weight is 286 g/mol. The van der Waals surface area contributed by atoms with Crippen molar-refractivity contribution in [2.45, 2.75) is 20.4 Å². The van der Waals surface area contributed by atoms with Crippen LogP contribution < -0.4 is 4.74 Å². The van der Waals surface area contributed by atoms with E-state index < -0.39 is 10.2 Å². The van der Waals surface area contributed by atoms with E-state index in [1.165, 1.54) is 8.61 Å². The molecule has 0 unspecified atom stereocenters. The summed E-state index contributed by atoms with van der Waals surface area (Å²) >= 11 is 0. The highest BCUT2D eigenvalue weighted by molar-refractivity contribution is 7.86. The Morgan fingerprint density at radius 3 is 2.05 bits per heavy atom. The van der Waals surface area contributed by atoms with Gasteiger partial charge in [-0.3, -0.25) is 0 Å². The molecule has 1 aromatic rings. The minimum atomic E-state index is -3.38. The summed E-state index contributed by atoms with van der Waals surface area (Å²) in [7, 11) is -0.181. The van der Waals surface area contributed by atoms with Gasteiger partial charge in [0.25, 0.3) is 10.2 Å². The summed E-state index contributed by atoms with van der Waals surface area (Å²) in [5.74, 6) is 0.762. The van der Waals surface area contributed by atoms with Crippen LogP contribution >= 0.6 is 0 Å². The van der Waals surface area contributed by atoms with Crippen LogP contribution in [0.4, 0.5) is 0 Å². The maximum atomic E-state index is 12.2. The molecule has 108 valence electrons. The molecule has 0 saturated carbocycles. The molecule has 0 spiro atoms. The zero-order valence-corrected chi connectivity index (χ0v) is 12.8. The zero-order valence-electron chi connectivity index (χ0n) is 12.0. The lowest BCUT2D eigenvalue weighted by molar-refractivity contribution is 0.374. The Hall–Kier alpha value is -1.11. The largest absolute Gasteiger partial charge is 0.497 e. The summed E-state index contributed by atoms with van der Waals surface area (Å²) < 4.78 is 32.4. The molecule has 0 saturated heterocycles. The van der Waals surface area contributed by atoms with Crippen LogP contribution in [-0.4, -0.2) is 44.3 Å². The first-order chi connectivity index (χ1) is 8.95. The maximum Gasteiger partial charge on any atom is 0.282 e. The molecule has 0 aliphatic rings. The fourth-order valence-electron chi connectivity index (χ4n) is 1.82. The van der Waals surface area contributed by atoms with E-state index in [4.69, 9.17) is 4.74 Å². The normalized spacial score (nSPS) is 12.1. The Morgan fingerprint density at radius 2 is 1.63 bits per heavy atom. The van der Waals surface area contributed by atoms with Gasteiger partial charge in [0, 0.05) is 26.7 Å². The molecule has 0 radical (unpaired) electrons. The minimum absolute atomic E-state index is 0.350. The van der Waals surface area contributed by atoms with E-state index in [0.717, 1.165) is 11.3 Å². The van der Waals surface area contributed by atoms with Crippen LogP contribution in [0.1, 0.15) is 19.4 Å². The molecule has 19 heavy (non-hydrogen) atoms. The van der Waals surface area contributed by atoms with Gasteiger partial charge < -0.3 is 4.74 Å². The molecule has 6 heteroatoms. The molecule has 0 atom stereocenters. The van der Waals surface area contributed by atoms with Gasteiger partial charge >= 0.3 is 0 Å². The molecule has 0 bridgehead atoms. The number of ether oxygens (including phenoxy) is 1. The molecule has 0 aromatic heterocycles. The number of hydrogen-bond acceptors (Lipinski definition) is 3. The summed E-state index contributed by atoms with van der Waals surface area (Å²) in [6.45, 7) is 4.98. The van der Waals surface area contributed by atoms with E-state index in [9.17, 15) is 8.42 Å². The average Bonchev–Trinajstić information content (AvgIpc) is 2.40. The number of benzene rings is 1. The topological polar surface area (TPSA) is 49.9 Å². The predicted molar refractivity (Wildman–Crippen MR) is 76.3 cm³/mol. The summed E-state index contributed by atoms with van der Waals surface area (Å²) in [5, 5.41) is 0. The molecule has 0 N–H and O–H groups in total. The first kappa shape index (κ1) is 15.9. The van der Waals surface area contributed by atoms with Crippen LogP contribution in [0.2, 0.25) is 0 Å². The van der Waals surface area contributed by atoms with Crippen molar-refractivity contribution in [1.29, 1.82) is 0 Å². The number of methoxy groups -OCH3 is 1. The molecular weight excluding hydrogens is 264 g/mol. The van der Waals surface area contributed by atoms with E-state index in [0.29, 0.717) is 19.6 Å². The van der Waals surface area contributed by atoms with Gasteiger partial charge in [-0.15, -0.1) is 0 Å². The third-order valence-electron chi connectivity index (χ3n) is 2.99. The second-order valence-corrected chi connectivity index (χ2v) is 6.23. The van der Waals surface area contributed by atoms with Gasteiger partial charge in [0.15, 0.2) is 0 Å². The fourth-order valence-corrected chi connectivity index (χ4v) is 3.18. The first-order valence-electron chi connectivity index (χ1n) is 6.30. The van der Waals surface area contributed by atoms with Gasteiger partial charge in [0.1, 0.15) is 5.75 Å². The lowest BCUT2D eigenvalue weighted by Gasteiger charge is -2.25. The van der Waals surface area contributed by atoms with Crippen molar-refractivity contribution < 1.29 is 13.2 Å². The maximum absolute atomic E-state index is 12.2. The third kappa shape index (κ3) is 3.92. The standard InChI is InChI=1S/C13H22N2O3S/c1-5-15(6-2)19(16,17)14(3)11-12-7-9-13(18-4)10-8-12/h7-10H,5-6,11H2,1-4H3. The van der Waals surface area contributed by atoms with Gasteiger partial charge in [-0.25, -0.2) is 0 Å². The van der Waals surface area contributed by atoms with Gasteiger partial charge in [-0.05, 0) is 17.7 Å². The van der Waals surface area contributed by atoms with Gasteiger partial charge in [-0.1, -0.05) is 26.0 Å². The van der Waals surface area contributed by atoms with Crippen LogP contribution in [-0.2, 0) is 16.8 Å². The second-order valence-electron chi connectivity index (χ2n) is 4.20. The van der Waals surface area contributed by atoms with Crippen molar-refractivity contribution in [3.05, 3.63) is 29.8 Å². The Labute approximate surface area is 116 Å². The van der Waals surface area contributed by atoms with Crippen LogP contribution in [0, 0.1) is 0 Å². The zero-order chi connectivity index (χ0) is 14.5. The molecular formula is C13H22N2O3S. The highest BCUT2D eigenvalue weighted by Gasteiger charge is 2.24. The molecule has 0 aliphatic carbocycles. The van der Waals surface area contributed by atoms with Crippen LogP contribution in [0.25, 0.3) is 0 Å². The molecule has 0 amide bonds. The summed E-state index contributed by atoms with van der Waals surface area (Å²) in [4.78, 5) is 0. The minimum Gasteiger partial charge on any atom is -0.497 e. The third-order valence-corrected chi connectivity index (χ3v) is 5.08. The van der Waals surface area contributed by atoms with Crippen molar-refractivity contribution in [1.82, 2.24) is 8.61 Å². The monoisotopic (exact) mass is 286 g/mol. The number of rotatable bonds is 7. The lowest BCUT2D eigenvalue weighted by Crippen LogP contribution is -2.41. The van der Waals surface area contributed by atoms with Crippen LogP contribution in [0.15, 0.2) is 24.3 Å². The summed E-state index contributed by atoms with van der Waals surface area (Å²) in [6, 6.07) is 7.39. The second kappa shape index (κ2) is 6.88.